The molecule has 0 unspecified atom stereocenters. The number of thiazole rings is 1. The number of rotatable bonds is 4. The summed E-state index contributed by atoms with van der Waals surface area (Å²) in [4.78, 5) is 6.21. The second-order valence-electron chi connectivity index (χ2n) is 7.63. The molecule has 1 N–H and O–H groups in total. The molecule has 7 nitrogen and oxygen atoms in total. The molecule has 29 heavy (non-hydrogen) atoms. The summed E-state index contributed by atoms with van der Waals surface area (Å²) in [6, 6.07) is 6.55. The third-order valence-corrected chi connectivity index (χ3v) is 6.63. The highest BCUT2D eigenvalue weighted by molar-refractivity contribution is 7.15. The summed E-state index contributed by atoms with van der Waals surface area (Å²) in [6.45, 7) is 7.23. The molecule has 3 aromatic heterocycles. The van der Waals surface area contributed by atoms with Gasteiger partial charge in [-0.25, -0.2) is 4.98 Å². The number of nitrogens with one attached hydrogen (secondary N) is 1. The monoisotopic (exact) mass is 406 g/mol. The Hall–Kier alpha value is -3.00. The molecular weight excluding hydrogens is 384 g/mol. The number of aromatic nitrogens is 6. The number of nitrogens with zero attached hydrogens (tertiary/aromatic N) is 5. The topological polar surface area (TPSA) is 81.5 Å². The third-order valence-electron chi connectivity index (χ3n) is 5.52. The molecule has 0 radical (unpaired) electrons. The minimum atomic E-state index is 0.303. The van der Waals surface area contributed by atoms with Crippen LogP contribution in [0.25, 0.3) is 33.2 Å². The van der Waals surface area contributed by atoms with Crippen molar-refractivity contribution in [2.24, 2.45) is 5.92 Å². The van der Waals surface area contributed by atoms with Crippen molar-refractivity contribution in [3.8, 4) is 39.0 Å². The number of hydrogen-bond acceptors (Lipinski definition) is 6. The first-order valence-electron chi connectivity index (χ1n) is 9.77. The minimum absolute atomic E-state index is 0.303. The normalized spacial score (nSPS) is 14.2. The van der Waals surface area contributed by atoms with Crippen LogP contribution in [-0.4, -0.2) is 36.6 Å². The predicted octanol–water partition coefficient (Wildman–Crippen LogP) is 4.61. The molecule has 0 fully saturated rings. The zero-order valence-electron chi connectivity index (χ0n) is 16.6. The van der Waals surface area contributed by atoms with Crippen molar-refractivity contribution in [1.29, 1.82) is 0 Å². The van der Waals surface area contributed by atoms with Gasteiger partial charge in [0.05, 0.1) is 18.5 Å². The van der Waals surface area contributed by atoms with Crippen LogP contribution in [0.5, 0.6) is 5.75 Å². The first kappa shape index (κ1) is 18.1. The van der Waals surface area contributed by atoms with Crippen LogP contribution in [0.4, 0.5) is 0 Å². The van der Waals surface area contributed by atoms with Crippen LogP contribution in [0.2, 0.25) is 0 Å². The van der Waals surface area contributed by atoms with Crippen molar-refractivity contribution < 1.29 is 4.74 Å². The van der Waals surface area contributed by atoms with Gasteiger partial charge in [-0.1, -0.05) is 19.9 Å². The van der Waals surface area contributed by atoms with Gasteiger partial charge in [0.1, 0.15) is 12.1 Å². The van der Waals surface area contributed by atoms with Crippen LogP contribution in [-0.2, 0) is 6.42 Å². The number of hydrogen-bond donors (Lipinski definition) is 1. The minimum Gasteiger partial charge on any atom is -0.492 e. The molecule has 0 spiro atoms. The van der Waals surface area contributed by atoms with E-state index < -0.39 is 0 Å². The van der Waals surface area contributed by atoms with E-state index in [1.807, 2.05) is 12.4 Å². The highest BCUT2D eigenvalue weighted by Gasteiger charge is 2.24. The standard InChI is InChI=1S/C21H22N6OS/c1-12(2)13(3)27-11-24-26-20(27)21-25-19-16-5-4-14(15-9-22-23-10-15)8-17(16)28-7-6-18(19)29-21/h4-5,8-13H,6-7H2,1-3H3,(H,22,23)/t13-/m0/s1. The SMILES string of the molecule is CC(C)[C@H](C)n1cnnc1-c1nc2c(s1)CCOc1cc(-c3cn[nH]c3)ccc1-2. The largest absolute Gasteiger partial charge is 0.492 e. The van der Waals surface area contributed by atoms with Gasteiger partial charge in [0, 0.05) is 34.7 Å². The fourth-order valence-electron chi connectivity index (χ4n) is 3.52. The molecule has 1 aromatic carbocycles. The van der Waals surface area contributed by atoms with Gasteiger partial charge < -0.3 is 9.30 Å². The molecule has 0 bridgehead atoms. The lowest BCUT2D eigenvalue weighted by atomic mass is 10.0. The van der Waals surface area contributed by atoms with Gasteiger partial charge in [-0.2, -0.15) is 5.10 Å². The van der Waals surface area contributed by atoms with Gasteiger partial charge in [-0.15, -0.1) is 21.5 Å². The zero-order valence-corrected chi connectivity index (χ0v) is 17.4. The van der Waals surface area contributed by atoms with Crippen molar-refractivity contribution in [2.75, 3.05) is 6.61 Å². The fraction of sp³-hybridized carbons (Fsp3) is 0.333. The van der Waals surface area contributed by atoms with Crippen molar-refractivity contribution in [3.05, 3.63) is 41.8 Å². The highest BCUT2D eigenvalue weighted by Crippen LogP contribution is 2.41. The van der Waals surface area contributed by atoms with Gasteiger partial charge >= 0.3 is 0 Å². The van der Waals surface area contributed by atoms with Crippen molar-refractivity contribution in [3.63, 3.8) is 0 Å². The Morgan fingerprint density at radius 3 is 2.90 bits per heavy atom. The van der Waals surface area contributed by atoms with Crippen LogP contribution in [0.15, 0.2) is 36.9 Å². The average Bonchev–Trinajstić information content (AvgIpc) is 3.46. The maximum Gasteiger partial charge on any atom is 0.193 e. The second kappa shape index (κ2) is 7.11. The van der Waals surface area contributed by atoms with Crippen LogP contribution in [0.3, 0.4) is 0 Å². The summed E-state index contributed by atoms with van der Waals surface area (Å²) < 4.78 is 8.18. The van der Waals surface area contributed by atoms with Gasteiger partial charge in [0.2, 0.25) is 0 Å². The molecule has 5 rings (SSSR count). The molecule has 4 aromatic rings. The smallest absolute Gasteiger partial charge is 0.193 e. The average molecular weight is 407 g/mol. The van der Waals surface area contributed by atoms with Crippen LogP contribution in [0, 0.1) is 5.92 Å². The molecule has 1 aliphatic rings. The number of ether oxygens (including phenoxy) is 1. The molecule has 1 atom stereocenters. The lowest BCUT2D eigenvalue weighted by molar-refractivity contribution is 0.327. The summed E-state index contributed by atoms with van der Waals surface area (Å²) in [6.07, 6.45) is 6.33. The Balaban J connectivity index is 1.58. The van der Waals surface area contributed by atoms with E-state index in [2.05, 4.69) is 63.9 Å². The third kappa shape index (κ3) is 3.13. The van der Waals surface area contributed by atoms with Crippen molar-refractivity contribution in [2.45, 2.75) is 33.2 Å². The van der Waals surface area contributed by atoms with E-state index in [9.17, 15) is 0 Å². The molecule has 0 saturated carbocycles. The Bertz CT molecular complexity index is 1140. The Morgan fingerprint density at radius 1 is 1.21 bits per heavy atom. The van der Waals surface area contributed by atoms with Crippen LogP contribution < -0.4 is 4.74 Å². The molecule has 0 aliphatic carbocycles. The highest BCUT2D eigenvalue weighted by atomic mass is 32.1. The van der Waals surface area contributed by atoms with Crippen LogP contribution >= 0.6 is 11.3 Å². The summed E-state index contributed by atoms with van der Waals surface area (Å²) >= 11 is 1.69. The van der Waals surface area contributed by atoms with Gasteiger partial charge in [0.25, 0.3) is 0 Å². The molecule has 0 saturated heterocycles. The predicted molar refractivity (Wildman–Crippen MR) is 113 cm³/mol. The molecule has 0 amide bonds. The molecule has 148 valence electrons. The number of fused-ring (bicyclic) bond motifs is 3. The van der Waals surface area contributed by atoms with E-state index >= 15 is 0 Å². The van der Waals surface area contributed by atoms with E-state index in [0.717, 1.165) is 45.4 Å². The number of H-pyrrole nitrogens is 1. The van der Waals surface area contributed by atoms with E-state index in [1.165, 1.54) is 4.88 Å². The van der Waals surface area contributed by atoms with E-state index in [0.29, 0.717) is 18.6 Å². The lowest BCUT2D eigenvalue weighted by Crippen LogP contribution is -2.11. The van der Waals surface area contributed by atoms with E-state index in [1.54, 1.807) is 17.7 Å². The Kier molecular flexibility index (Phi) is 4.43. The number of aromatic amines is 1. The number of benzene rings is 1. The molecule has 8 heteroatoms. The Morgan fingerprint density at radius 2 is 2.10 bits per heavy atom. The van der Waals surface area contributed by atoms with Crippen molar-refractivity contribution in [1.82, 2.24) is 29.9 Å². The second-order valence-corrected chi connectivity index (χ2v) is 8.72. The first-order chi connectivity index (χ1) is 14.1. The lowest BCUT2D eigenvalue weighted by Gasteiger charge is -2.18. The zero-order chi connectivity index (χ0) is 20.0. The fourth-order valence-corrected chi connectivity index (χ4v) is 4.57. The molecule has 1 aliphatic heterocycles. The van der Waals surface area contributed by atoms with Gasteiger partial charge in [-0.05, 0) is 30.5 Å². The first-order valence-corrected chi connectivity index (χ1v) is 10.6. The summed E-state index contributed by atoms with van der Waals surface area (Å²) in [5.41, 5.74) is 4.12. The summed E-state index contributed by atoms with van der Waals surface area (Å²) in [5, 5.41) is 16.3. The summed E-state index contributed by atoms with van der Waals surface area (Å²) in [5.74, 6) is 2.18. The van der Waals surface area contributed by atoms with Gasteiger partial charge in [0.15, 0.2) is 10.8 Å². The maximum atomic E-state index is 6.05. The maximum absolute atomic E-state index is 6.05. The van der Waals surface area contributed by atoms with Crippen molar-refractivity contribution >= 4 is 11.3 Å². The summed E-state index contributed by atoms with van der Waals surface area (Å²) in [7, 11) is 0. The molecule has 4 heterocycles. The van der Waals surface area contributed by atoms with Crippen LogP contribution in [0.1, 0.15) is 31.7 Å². The van der Waals surface area contributed by atoms with E-state index in [4.69, 9.17) is 9.72 Å². The molecular formula is C21H22N6OS. The quantitative estimate of drug-likeness (QED) is 0.535. The Labute approximate surface area is 172 Å². The van der Waals surface area contributed by atoms with E-state index in [-0.39, 0.29) is 0 Å². The van der Waals surface area contributed by atoms with Gasteiger partial charge in [-0.3, -0.25) is 5.10 Å².